The smallest absolute Gasteiger partial charge is 0.249 e. The zero-order chi connectivity index (χ0) is 24.8. The van der Waals surface area contributed by atoms with Crippen LogP contribution in [0.5, 0.6) is 0 Å². The third-order valence-corrected chi connectivity index (χ3v) is 6.62. The van der Waals surface area contributed by atoms with Crippen LogP contribution >= 0.6 is 11.3 Å². The van der Waals surface area contributed by atoms with Crippen molar-refractivity contribution >= 4 is 28.3 Å². The van der Waals surface area contributed by atoms with Crippen LogP contribution in [0.15, 0.2) is 84.9 Å². The lowest BCUT2D eigenvalue weighted by Gasteiger charge is -2.25. The molecular formula is C28H28N4O2S. The van der Waals surface area contributed by atoms with E-state index in [1.54, 1.807) is 0 Å². The summed E-state index contributed by atoms with van der Waals surface area (Å²) in [5.41, 5.74) is 3.83. The maximum Gasteiger partial charge on any atom is 0.249 e. The summed E-state index contributed by atoms with van der Waals surface area (Å²) in [5.74, 6) is -1.20. The third-order valence-electron chi connectivity index (χ3n) is 5.73. The molecule has 0 spiro atoms. The predicted molar refractivity (Wildman–Crippen MR) is 140 cm³/mol. The van der Waals surface area contributed by atoms with Crippen LogP contribution in [0, 0.1) is 12.8 Å². The molecule has 4 aromatic rings. The Kier molecular flexibility index (Phi) is 7.67. The molecule has 6 nitrogen and oxygen atoms in total. The van der Waals surface area contributed by atoms with Gasteiger partial charge in [0.2, 0.25) is 16.9 Å². The van der Waals surface area contributed by atoms with Crippen LogP contribution in [0.4, 0.5) is 5.13 Å². The molecule has 0 saturated heterocycles. The minimum Gasteiger partial charge on any atom is -0.343 e. The zero-order valence-electron chi connectivity index (χ0n) is 19.9. The van der Waals surface area contributed by atoms with Gasteiger partial charge in [-0.3, -0.25) is 14.9 Å². The minimum absolute atomic E-state index is 0.129. The lowest BCUT2D eigenvalue weighted by atomic mass is 9.89. The number of amides is 2. The number of aryl methyl sites for hydroxylation is 1. The number of carbonyl (C=O) groups excluding carboxylic acids is 2. The van der Waals surface area contributed by atoms with Crippen molar-refractivity contribution in [1.29, 1.82) is 0 Å². The number of benzene rings is 3. The van der Waals surface area contributed by atoms with E-state index in [0.717, 1.165) is 27.3 Å². The Morgan fingerprint density at radius 1 is 0.771 bits per heavy atom. The molecule has 35 heavy (non-hydrogen) atoms. The van der Waals surface area contributed by atoms with Gasteiger partial charge in [0.15, 0.2) is 0 Å². The van der Waals surface area contributed by atoms with Crippen molar-refractivity contribution in [3.8, 4) is 10.6 Å². The molecule has 0 radical (unpaired) electrons. The number of aromatic nitrogens is 2. The van der Waals surface area contributed by atoms with Crippen LogP contribution in [0.3, 0.4) is 0 Å². The average Bonchev–Trinajstić information content (AvgIpc) is 3.32. The predicted octanol–water partition coefficient (Wildman–Crippen LogP) is 5.42. The van der Waals surface area contributed by atoms with Crippen molar-refractivity contribution < 1.29 is 9.59 Å². The molecule has 0 aliphatic carbocycles. The quantitative estimate of drug-likeness (QED) is 0.350. The van der Waals surface area contributed by atoms with Crippen LogP contribution in [0.2, 0.25) is 0 Å². The highest BCUT2D eigenvalue weighted by atomic mass is 32.1. The lowest BCUT2D eigenvalue weighted by molar-refractivity contribution is -0.127. The highest BCUT2D eigenvalue weighted by Gasteiger charge is 2.30. The standard InChI is InChI=1S/C28H28N4O2S/c1-18(2)24(26(34)30-28-32-31-27(35-28)22-16-14-19(3)15-17-22)29-25(33)23(20-10-6-4-7-11-20)21-12-8-5-9-13-21/h4-18,23-24H,1-3H3,(H,29,33)(H,30,32,34)/t24-/m0/s1. The van der Waals surface area contributed by atoms with Gasteiger partial charge in [-0.15, -0.1) is 10.2 Å². The molecule has 0 fully saturated rings. The summed E-state index contributed by atoms with van der Waals surface area (Å²) in [7, 11) is 0. The molecule has 178 valence electrons. The fourth-order valence-electron chi connectivity index (χ4n) is 3.83. The molecule has 1 heterocycles. The van der Waals surface area contributed by atoms with E-state index in [0.29, 0.717) is 5.13 Å². The van der Waals surface area contributed by atoms with Crippen LogP contribution in [0.1, 0.15) is 36.5 Å². The summed E-state index contributed by atoms with van der Waals surface area (Å²) in [6.07, 6.45) is 0. The largest absolute Gasteiger partial charge is 0.343 e. The maximum absolute atomic E-state index is 13.5. The van der Waals surface area contributed by atoms with Crippen LogP contribution in [-0.2, 0) is 9.59 Å². The Balaban J connectivity index is 1.51. The van der Waals surface area contributed by atoms with Gasteiger partial charge in [-0.2, -0.15) is 0 Å². The van der Waals surface area contributed by atoms with Gasteiger partial charge in [-0.1, -0.05) is 116 Å². The van der Waals surface area contributed by atoms with E-state index in [1.165, 1.54) is 11.3 Å². The number of hydrogen-bond acceptors (Lipinski definition) is 5. The highest BCUT2D eigenvalue weighted by Crippen LogP contribution is 2.28. The van der Waals surface area contributed by atoms with E-state index in [-0.39, 0.29) is 17.7 Å². The molecule has 0 bridgehead atoms. The van der Waals surface area contributed by atoms with Gasteiger partial charge in [0.1, 0.15) is 11.0 Å². The van der Waals surface area contributed by atoms with E-state index in [4.69, 9.17) is 0 Å². The second kappa shape index (κ2) is 11.1. The van der Waals surface area contributed by atoms with Crippen molar-refractivity contribution in [3.05, 3.63) is 102 Å². The first-order chi connectivity index (χ1) is 16.9. The van der Waals surface area contributed by atoms with Crippen LogP contribution in [-0.4, -0.2) is 28.1 Å². The van der Waals surface area contributed by atoms with Crippen molar-refractivity contribution in [2.45, 2.75) is 32.7 Å². The molecular weight excluding hydrogens is 456 g/mol. The summed E-state index contributed by atoms with van der Waals surface area (Å²) in [5, 5.41) is 15.3. The van der Waals surface area contributed by atoms with Gasteiger partial charge in [0, 0.05) is 5.56 Å². The number of nitrogens with one attached hydrogen (secondary N) is 2. The Morgan fingerprint density at radius 2 is 1.34 bits per heavy atom. The molecule has 2 amide bonds. The van der Waals surface area contributed by atoms with Crippen LogP contribution < -0.4 is 10.6 Å². The van der Waals surface area contributed by atoms with Gasteiger partial charge in [0.25, 0.3) is 0 Å². The van der Waals surface area contributed by atoms with Crippen molar-refractivity contribution in [2.24, 2.45) is 5.92 Å². The second-order valence-electron chi connectivity index (χ2n) is 8.75. The molecule has 0 aliphatic rings. The van der Waals surface area contributed by atoms with E-state index in [9.17, 15) is 9.59 Å². The Bertz CT molecular complexity index is 1230. The summed E-state index contributed by atoms with van der Waals surface area (Å²) in [6, 6.07) is 26.4. The topological polar surface area (TPSA) is 84.0 Å². The average molecular weight is 485 g/mol. The van der Waals surface area contributed by atoms with Crippen LogP contribution in [0.25, 0.3) is 10.6 Å². The maximum atomic E-state index is 13.5. The summed E-state index contributed by atoms with van der Waals surface area (Å²) in [4.78, 5) is 26.7. The Hall–Kier alpha value is -3.84. The SMILES string of the molecule is Cc1ccc(-c2nnc(NC(=O)[C@@H](NC(=O)C(c3ccccc3)c3ccccc3)C(C)C)s2)cc1. The molecule has 0 saturated carbocycles. The molecule has 0 aliphatic heterocycles. The summed E-state index contributed by atoms with van der Waals surface area (Å²) in [6.45, 7) is 5.83. The number of nitrogens with zero attached hydrogens (tertiary/aromatic N) is 2. The fraction of sp³-hybridized carbons (Fsp3) is 0.214. The lowest BCUT2D eigenvalue weighted by Crippen LogP contribution is -2.48. The summed E-state index contributed by atoms with van der Waals surface area (Å²) < 4.78 is 0. The van der Waals surface area contributed by atoms with Gasteiger partial charge < -0.3 is 5.32 Å². The molecule has 2 N–H and O–H groups in total. The first-order valence-electron chi connectivity index (χ1n) is 11.5. The fourth-order valence-corrected chi connectivity index (χ4v) is 4.58. The van der Waals surface area contributed by atoms with E-state index < -0.39 is 12.0 Å². The van der Waals surface area contributed by atoms with Crippen molar-refractivity contribution in [3.63, 3.8) is 0 Å². The zero-order valence-corrected chi connectivity index (χ0v) is 20.8. The van der Waals surface area contributed by atoms with Crippen molar-refractivity contribution in [1.82, 2.24) is 15.5 Å². The number of rotatable bonds is 8. The van der Waals surface area contributed by atoms with E-state index >= 15 is 0 Å². The Labute approximate surface area is 209 Å². The van der Waals surface area contributed by atoms with E-state index in [2.05, 4.69) is 20.8 Å². The molecule has 1 aromatic heterocycles. The molecule has 0 unspecified atom stereocenters. The number of anilines is 1. The van der Waals surface area contributed by atoms with Gasteiger partial charge in [-0.25, -0.2) is 0 Å². The number of carbonyl (C=O) groups is 2. The molecule has 7 heteroatoms. The molecule has 3 aromatic carbocycles. The van der Waals surface area contributed by atoms with E-state index in [1.807, 2.05) is 106 Å². The first-order valence-corrected chi connectivity index (χ1v) is 12.4. The molecule has 4 rings (SSSR count). The first kappa shape index (κ1) is 24.3. The summed E-state index contributed by atoms with van der Waals surface area (Å²) >= 11 is 1.30. The molecule has 1 atom stereocenters. The third kappa shape index (κ3) is 6.00. The highest BCUT2D eigenvalue weighted by molar-refractivity contribution is 7.18. The van der Waals surface area contributed by atoms with Gasteiger partial charge in [-0.05, 0) is 24.0 Å². The second-order valence-corrected chi connectivity index (χ2v) is 9.73. The Morgan fingerprint density at radius 3 is 1.89 bits per heavy atom. The van der Waals surface area contributed by atoms with Crippen molar-refractivity contribution in [2.75, 3.05) is 5.32 Å². The van der Waals surface area contributed by atoms with Gasteiger partial charge >= 0.3 is 0 Å². The minimum atomic E-state index is -0.732. The normalized spacial score (nSPS) is 11.9. The van der Waals surface area contributed by atoms with Gasteiger partial charge in [0.05, 0.1) is 5.92 Å². The monoisotopic (exact) mass is 484 g/mol. The number of hydrogen-bond donors (Lipinski definition) is 2.